The highest BCUT2D eigenvalue weighted by molar-refractivity contribution is 7.88. The molecule has 0 bridgehead atoms. The van der Waals surface area contributed by atoms with Gasteiger partial charge in [-0.15, -0.1) is 0 Å². The number of carbonyl (C=O) groups is 1. The molecular formula is C13H13NO4S. The van der Waals surface area contributed by atoms with Crippen LogP contribution in [0.3, 0.4) is 0 Å². The summed E-state index contributed by atoms with van der Waals surface area (Å²) >= 11 is 0. The van der Waals surface area contributed by atoms with E-state index in [9.17, 15) is 13.2 Å². The van der Waals surface area contributed by atoms with E-state index >= 15 is 0 Å². The van der Waals surface area contributed by atoms with E-state index < -0.39 is 10.0 Å². The lowest BCUT2D eigenvalue weighted by molar-refractivity contribution is 0.110. The van der Waals surface area contributed by atoms with Gasteiger partial charge in [-0.2, -0.15) is 0 Å². The lowest BCUT2D eigenvalue weighted by Gasteiger charge is -2.04. The van der Waals surface area contributed by atoms with Gasteiger partial charge in [-0.3, -0.25) is 4.79 Å². The molecule has 6 heteroatoms. The summed E-state index contributed by atoms with van der Waals surface area (Å²) < 4.78 is 29.8. The molecule has 0 fully saturated rings. The molecule has 5 nitrogen and oxygen atoms in total. The monoisotopic (exact) mass is 279 g/mol. The fourth-order valence-electron chi connectivity index (χ4n) is 1.62. The second-order valence-electron chi connectivity index (χ2n) is 4.11. The minimum Gasteiger partial charge on any atom is -0.453 e. The zero-order valence-corrected chi connectivity index (χ0v) is 11.1. The van der Waals surface area contributed by atoms with Gasteiger partial charge in [-0.05, 0) is 23.8 Å². The van der Waals surface area contributed by atoms with Gasteiger partial charge < -0.3 is 4.42 Å². The lowest BCUT2D eigenvalue weighted by atomic mass is 10.1. The largest absolute Gasteiger partial charge is 0.453 e. The third-order valence-corrected chi connectivity index (χ3v) is 3.16. The normalized spacial score (nSPS) is 11.4. The Morgan fingerprint density at radius 2 is 2.05 bits per heavy atom. The number of hydrogen-bond acceptors (Lipinski definition) is 4. The maximum atomic E-state index is 11.0. The SMILES string of the molecule is CS(=O)(=O)NCc1cccc(-c2ccc(C=O)o2)c1. The number of nitrogens with one attached hydrogen (secondary N) is 1. The van der Waals surface area contributed by atoms with Crippen molar-refractivity contribution in [3.63, 3.8) is 0 Å². The summed E-state index contributed by atoms with van der Waals surface area (Å²) in [6.45, 7) is 0.216. The van der Waals surface area contributed by atoms with Crippen LogP contribution in [0.4, 0.5) is 0 Å². The summed E-state index contributed by atoms with van der Waals surface area (Å²) in [6.07, 6.45) is 1.75. The number of benzene rings is 1. The Kier molecular flexibility index (Phi) is 3.82. The number of aldehydes is 1. The van der Waals surface area contributed by atoms with Crippen LogP contribution in [0.25, 0.3) is 11.3 Å². The van der Waals surface area contributed by atoms with Crippen LogP contribution in [-0.4, -0.2) is 21.0 Å². The van der Waals surface area contributed by atoms with Crippen LogP contribution < -0.4 is 4.72 Å². The summed E-state index contributed by atoms with van der Waals surface area (Å²) in [5, 5.41) is 0. The molecule has 1 N–H and O–H groups in total. The Morgan fingerprint density at radius 1 is 1.26 bits per heavy atom. The molecule has 1 heterocycles. The topological polar surface area (TPSA) is 76.4 Å². The second-order valence-corrected chi connectivity index (χ2v) is 5.95. The molecule has 0 aliphatic heterocycles. The van der Waals surface area contributed by atoms with Crippen LogP contribution in [0.15, 0.2) is 40.8 Å². The average Bonchev–Trinajstić information content (AvgIpc) is 2.85. The molecule has 0 unspecified atom stereocenters. The molecule has 0 amide bonds. The zero-order valence-electron chi connectivity index (χ0n) is 10.3. The van der Waals surface area contributed by atoms with Crippen molar-refractivity contribution < 1.29 is 17.6 Å². The Hall–Kier alpha value is -1.92. The average molecular weight is 279 g/mol. The van der Waals surface area contributed by atoms with E-state index in [4.69, 9.17) is 4.42 Å². The Morgan fingerprint density at radius 3 is 2.68 bits per heavy atom. The molecule has 19 heavy (non-hydrogen) atoms. The van der Waals surface area contributed by atoms with Crippen molar-refractivity contribution in [3.8, 4) is 11.3 Å². The highest BCUT2D eigenvalue weighted by Crippen LogP contribution is 2.22. The molecule has 2 rings (SSSR count). The van der Waals surface area contributed by atoms with Crippen molar-refractivity contribution >= 4 is 16.3 Å². The first-order valence-corrected chi connectivity index (χ1v) is 7.46. The van der Waals surface area contributed by atoms with Gasteiger partial charge >= 0.3 is 0 Å². The van der Waals surface area contributed by atoms with E-state index in [1.54, 1.807) is 18.2 Å². The summed E-state index contributed by atoms with van der Waals surface area (Å²) in [4.78, 5) is 10.6. The minimum atomic E-state index is -3.22. The summed E-state index contributed by atoms with van der Waals surface area (Å²) in [7, 11) is -3.22. The van der Waals surface area contributed by atoms with Crippen molar-refractivity contribution in [2.75, 3.05) is 6.26 Å². The van der Waals surface area contributed by atoms with Crippen LogP contribution in [0.2, 0.25) is 0 Å². The highest BCUT2D eigenvalue weighted by atomic mass is 32.2. The molecule has 0 spiro atoms. The van der Waals surface area contributed by atoms with E-state index in [0.717, 1.165) is 17.4 Å². The highest BCUT2D eigenvalue weighted by Gasteiger charge is 2.06. The molecule has 0 atom stereocenters. The number of sulfonamides is 1. The van der Waals surface area contributed by atoms with Crippen LogP contribution in [-0.2, 0) is 16.6 Å². The summed E-state index contributed by atoms with van der Waals surface area (Å²) in [5.41, 5.74) is 1.60. The van der Waals surface area contributed by atoms with Crippen LogP contribution in [0.5, 0.6) is 0 Å². The van der Waals surface area contributed by atoms with Crippen LogP contribution >= 0.6 is 0 Å². The molecule has 0 radical (unpaired) electrons. The van der Waals surface area contributed by atoms with Crippen molar-refractivity contribution in [1.29, 1.82) is 0 Å². The fraction of sp³-hybridized carbons (Fsp3) is 0.154. The van der Waals surface area contributed by atoms with Gasteiger partial charge in [0.1, 0.15) is 5.76 Å². The number of rotatable bonds is 5. The lowest BCUT2D eigenvalue weighted by Crippen LogP contribution is -2.21. The Labute approximate surface area is 111 Å². The first-order chi connectivity index (χ1) is 8.98. The molecule has 2 aromatic rings. The van der Waals surface area contributed by atoms with Gasteiger partial charge in [0.15, 0.2) is 12.0 Å². The number of carbonyl (C=O) groups excluding carboxylic acids is 1. The summed E-state index contributed by atoms with van der Waals surface area (Å²) in [5.74, 6) is 0.831. The van der Waals surface area contributed by atoms with Gasteiger partial charge in [-0.1, -0.05) is 18.2 Å². The van der Waals surface area contributed by atoms with Crippen molar-refractivity contribution in [3.05, 3.63) is 47.7 Å². The molecule has 1 aromatic carbocycles. The maximum absolute atomic E-state index is 11.0. The zero-order chi connectivity index (χ0) is 13.9. The van der Waals surface area contributed by atoms with E-state index in [1.165, 1.54) is 0 Å². The molecule has 0 aliphatic rings. The van der Waals surface area contributed by atoms with Gasteiger partial charge in [-0.25, -0.2) is 13.1 Å². The molecule has 0 saturated heterocycles. The third-order valence-electron chi connectivity index (χ3n) is 2.49. The second kappa shape index (κ2) is 5.38. The van der Waals surface area contributed by atoms with E-state index in [-0.39, 0.29) is 12.3 Å². The first-order valence-electron chi connectivity index (χ1n) is 5.57. The molecule has 1 aromatic heterocycles. The minimum absolute atomic E-state index is 0.216. The van der Waals surface area contributed by atoms with Gasteiger partial charge in [0, 0.05) is 12.1 Å². The van der Waals surface area contributed by atoms with E-state index in [0.29, 0.717) is 12.0 Å². The molecule has 0 aliphatic carbocycles. The van der Waals surface area contributed by atoms with Crippen molar-refractivity contribution in [2.45, 2.75) is 6.54 Å². The molecule has 100 valence electrons. The third kappa shape index (κ3) is 3.77. The predicted molar refractivity (Wildman–Crippen MR) is 71.2 cm³/mol. The van der Waals surface area contributed by atoms with Gasteiger partial charge in [0.25, 0.3) is 0 Å². The van der Waals surface area contributed by atoms with Crippen LogP contribution in [0.1, 0.15) is 16.1 Å². The quantitative estimate of drug-likeness (QED) is 0.847. The van der Waals surface area contributed by atoms with Gasteiger partial charge in [0.2, 0.25) is 10.0 Å². The Balaban J connectivity index is 2.21. The maximum Gasteiger partial charge on any atom is 0.209 e. The van der Waals surface area contributed by atoms with Crippen molar-refractivity contribution in [1.82, 2.24) is 4.72 Å². The van der Waals surface area contributed by atoms with Crippen molar-refractivity contribution in [2.24, 2.45) is 0 Å². The van der Waals surface area contributed by atoms with Crippen LogP contribution in [0, 0.1) is 0 Å². The first kappa shape index (κ1) is 13.5. The molecular weight excluding hydrogens is 266 g/mol. The number of furan rings is 1. The number of hydrogen-bond donors (Lipinski definition) is 1. The van der Waals surface area contributed by atoms with E-state index in [1.807, 2.05) is 18.2 Å². The molecule has 0 saturated carbocycles. The summed E-state index contributed by atoms with van der Waals surface area (Å²) in [6, 6.07) is 10.5. The predicted octanol–water partition coefficient (Wildman–Crippen LogP) is 1.81. The Bertz CT molecular complexity index is 688. The van der Waals surface area contributed by atoms with Gasteiger partial charge in [0.05, 0.1) is 6.26 Å². The standard InChI is InChI=1S/C13H13NO4S/c1-19(16,17)14-8-10-3-2-4-11(7-10)13-6-5-12(9-15)18-13/h2-7,9,14H,8H2,1H3. The fourth-order valence-corrected chi connectivity index (χ4v) is 2.05. The smallest absolute Gasteiger partial charge is 0.209 e. The van der Waals surface area contributed by atoms with E-state index in [2.05, 4.69) is 4.72 Å².